The first kappa shape index (κ1) is 27.2. The maximum atomic E-state index is 12.8. The Kier molecular flexibility index (Phi) is 8.89. The number of nitrogens with two attached hydrogens (primary N) is 1. The summed E-state index contributed by atoms with van der Waals surface area (Å²) in [7, 11) is 0. The van der Waals surface area contributed by atoms with Crippen molar-refractivity contribution in [3.63, 3.8) is 0 Å². The standard InChI is InChI=1S/C22H22F3N3O7/c1-2-35-17(29)11-16(12-5-9-15(10-6-12)28(33)34)18(20(26)31)27-21(32)19(30)13-3-7-14(8-4-13)22(23,24)25/h3-10,16,18-19,30H,2,11H2,1H3,(H2,26,31)(H,27,32)/t16-,18-,19+/m0/s1. The molecule has 188 valence electrons. The van der Waals surface area contributed by atoms with Crippen LogP contribution in [0, 0.1) is 10.1 Å². The van der Waals surface area contributed by atoms with Crippen molar-refractivity contribution in [3.8, 4) is 0 Å². The lowest BCUT2D eigenvalue weighted by Crippen LogP contribution is -2.50. The van der Waals surface area contributed by atoms with Crippen molar-refractivity contribution in [1.82, 2.24) is 5.32 Å². The van der Waals surface area contributed by atoms with Gasteiger partial charge in [0.25, 0.3) is 11.6 Å². The van der Waals surface area contributed by atoms with Crippen LogP contribution in [0.2, 0.25) is 0 Å². The minimum absolute atomic E-state index is 0.0199. The number of nitrogens with zero attached hydrogens (tertiary/aromatic N) is 1. The molecular weight excluding hydrogens is 475 g/mol. The number of esters is 1. The van der Waals surface area contributed by atoms with E-state index in [0.29, 0.717) is 12.1 Å². The zero-order chi connectivity index (χ0) is 26.3. The number of carbonyl (C=O) groups excluding carboxylic acids is 3. The normalized spacial score (nSPS) is 13.9. The predicted molar refractivity (Wildman–Crippen MR) is 115 cm³/mol. The average molecular weight is 497 g/mol. The number of aliphatic hydroxyl groups excluding tert-OH is 1. The smallest absolute Gasteiger partial charge is 0.416 e. The van der Waals surface area contributed by atoms with E-state index in [1.807, 2.05) is 0 Å². The van der Waals surface area contributed by atoms with Gasteiger partial charge in [-0.1, -0.05) is 24.3 Å². The van der Waals surface area contributed by atoms with E-state index in [1.165, 1.54) is 12.1 Å². The van der Waals surface area contributed by atoms with E-state index >= 15 is 0 Å². The second kappa shape index (κ2) is 11.4. The minimum Gasteiger partial charge on any atom is -0.466 e. The molecule has 0 aliphatic rings. The zero-order valence-corrected chi connectivity index (χ0v) is 18.3. The predicted octanol–water partition coefficient (Wildman–Crippen LogP) is 2.35. The van der Waals surface area contributed by atoms with E-state index in [-0.39, 0.29) is 23.4 Å². The van der Waals surface area contributed by atoms with Crippen molar-refractivity contribution in [2.75, 3.05) is 6.61 Å². The summed E-state index contributed by atoms with van der Waals surface area (Å²) in [5.41, 5.74) is 4.23. The summed E-state index contributed by atoms with van der Waals surface area (Å²) >= 11 is 0. The van der Waals surface area contributed by atoms with Gasteiger partial charge in [0.15, 0.2) is 6.10 Å². The molecule has 4 N–H and O–H groups in total. The van der Waals surface area contributed by atoms with Gasteiger partial charge in [0.1, 0.15) is 6.04 Å². The molecule has 0 spiro atoms. The summed E-state index contributed by atoms with van der Waals surface area (Å²) in [5, 5.41) is 23.5. The number of carbonyl (C=O) groups is 3. The Balaban J connectivity index is 2.33. The van der Waals surface area contributed by atoms with Crippen LogP contribution in [0.1, 0.15) is 42.1 Å². The lowest BCUT2D eigenvalue weighted by atomic mass is 9.87. The molecule has 0 aliphatic carbocycles. The molecular formula is C22H22F3N3O7. The summed E-state index contributed by atoms with van der Waals surface area (Å²) in [5.74, 6) is -4.13. The van der Waals surface area contributed by atoms with Crippen LogP contribution in [0.25, 0.3) is 0 Å². The molecule has 0 aromatic heterocycles. The van der Waals surface area contributed by atoms with E-state index in [1.54, 1.807) is 6.92 Å². The van der Waals surface area contributed by atoms with E-state index in [9.17, 15) is 42.8 Å². The van der Waals surface area contributed by atoms with Crippen molar-refractivity contribution in [1.29, 1.82) is 0 Å². The minimum atomic E-state index is -4.62. The number of ether oxygens (including phenoxy) is 1. The number of hydrogen-bond donors (Lipinski definition) is 3. The summed E-state index contributed by atoms with van der Waals surface area (Å²) in [4.78, 5) is 47.3. The van der Waals surface area contributed by atoms with Crippen molar-refractivity contribution in [3.05, 3.63) is 75.3 Å². The quantitative estimate of drug-likeness (QED) is 0.258. The van der Waals surface area contributed by atoms with Crippen molar-refractivity contribution in [2.24, 2.45) is 5.73 Å². The van der Waals surface area contributed by atoms with Gasteiger partial charge in [-0.15, -0.1) is 0 Å². The molecule has 35 heavy (non-hydrogen) atoms. The van der Waals surface area contributed by atoms with Gasteiger partial charge in [-0.05, 0) is 30.2 Å². The zero-order valence-electron chi connectivity index (χ0n) is 18.3. The molecule has 0 fully saturated rings. The van der Waals surface area contributed by atoms with Gasteiger partial charge < -0.3 is 20.9 Å². The number of halogens is 3. The molecule has 13 heteroatoms. The molecule has 2 aromatic rings. The third kappa shape index (κ3) is 7.24. The molecule has 2 rings (SSSR count). The topological polar surface area (TPSA) is 162 Å². The first-order valence-electron chi connectivity index (χ1n) is 10.2. The van der Waals surface area contributed by atoms with Crippen LogP contribution >= 0.6 is 0 Å². The van der Waals surface area contributed by atoms with Gasteiger partial charge >= 0.3 is 12.1 Å². The number of alkyl halides is 3. The third-order valence-electron chi connectivity index (χ3n) is 5.03. The molecule has 3 atom stereocenters. The highest BCUT2D eigenvalue weighted by Gasteiger charge is 2.34. The number of amides is 2. The van der Waals surface area contributed by atoms with E-state index < -0.39 is 58.9 Å². The van der Waals surface area contributed by atoms with E-state index in [4.69, 9.17) is 10.5 Å². The van der Waals surface area contributed by atoms with E-state index in [2.05, 4.69) is 5.32 Å². The van der Waals surface area contributed by atoms with Crippen LogP contribution in [0.5, 0.6) is 0 Å². The second-order valence-electron chi connectivity index (χ2n) is 7.38. The first-order chi connectivity index (χ1) is 16.3. The summed E-state index contributed by atoms with van der Waals surface area (Å²) in [6, 6.07) is 6.40. The second-order valence-corrected chi connectivity index (χ2v) is 7.38. The monoisotopic (exact) mass is 497 g/mol. The molecule has 0 unspecified atom stereocenters. The van der Waals surface area contributed by atoms with Crippen LogP contribution in [0.15, 0.2) is 48.5 Å². The highest BCUT2D eigenvalue weighted by atomic mass is 19.4. The van der Waals surface area contributed by atoms with Gasteiger partial charge in [-0.25, -0.2) is 0 Å². The van der Waals surface area contributed by atoms with Gasteiger partial charge in [-0.2, -0.15) is 13.2 Å². The molecule has 0 radical (unpaired) electrons. The number of non-ortho nitro benzene ring substituents is 1. The Morgan fingerprint density at radius 2 is 1.63 bits per heavy atom. The number of hydrogen-bond acceptors (Lipinski definition) is 7. The van der Waals surface area contributed by atoms with Crippen molar-refractivity contribution >= 4 is 23.5 Å². The van der Waals surface area contributed by atoms with Crippen LogP contribution in [-0.2, 0) is 25.3 Å². The molecule has 10 nitrogen and oxygen atoms in total. The number of nitro groups is 1. The lowest BCUT2D eigenvalue weighted by Gasteiger charge is -2.26. The number of aliphatic hydroxyl groups is 1. The molecule has 0 saturated heterocycles. The Morgan fingerprint density at radius 3 is 2.09 bits per heavy atom. The molecule has 0 saturated carbocycles. The highest BCUT2D eigenvalue weighted by molar-refractivity contribution is 5.90. The van der Waals surface area contributed by atoms with Crippen molar-refractivity contribution in [2.45, 2.75) is 37.6 Å². The third-order valence-corrected chi connectivity index (χ3v) is 5.03. The Hall–Kier alpha value is -4.00. The summed E-state index contributed by atoms with van der Waals surface area (Å²) in [6.45, 7) is 1.57. The Bertz CT molecular complexity index is 1070. The summed E-state index contributed by atoms with van der Waals surface area (Å²) < 4.78 is 43.1. The largest absolute Gasteiger partial charge is 0.466 e. The van der Waals surface area contributed by atoms with Gasteiger partial charge in [-0.3, -0.25) is 24.5 Å². The molecule has 0 aliphatic heterocycles. The fourth-order valence-electron chi connectivity index (χ4n) is 3.28. The van der Waals surface area contributed by atoms with Crippen LogP contribution in [0.3, 0.4) is 0 Å². The first-order valence-corrected chi connectivity index (χ1v) is 10.2. The molecule has 2 aromatic carbocycles. The Labute approximate surface area is 197 Å². The fourth-order valence-corrected chi connectivity index (χ4v) is 3.28. The SMILES string of the molecule is CCOC(=O)C[C@@H](c1ccc([N+](=O)[O-])cc1)[C@H](NC(=O)[C@H](O)c1ccc(C(F)(F)F)cc1)C(N)=O. The number of nitro benzene ring substituents is 1. The van der Waals surface area contributed by atoms with Crippen LogP contribution < -0.4 is 11.1 Å². The number of rotatable bonds is 10. The molecule has 0 heterocycles. The maximum absolute atomic E-state index is 12.8. The van der Waals surface area contributed by atoms with Crippen LogP contribution in [0.4, 0.5) is 18.9 Å². The maximum Gasteiger partial charge on any atom is 0.416 e. The fraction of sp³-hybridized carbons (Fsp3) is 0.318. The molecule has 2 amide bonds. The van der Waals surface area contributed by atoms with Gasteiger partial charge in [0, 0.05) is 18.1 Å². The number of benzene rings is 2. The lowest BCUT2D eigenvalue weighted by molar-refractivity contribution is -0.384. The van der Waals surface area contributed by atoms with Gasteiger partial charge in [0.2, 0.25) is 5.91 Å². The Morgan fingerprint density at radius 1 is 1.09 bits per heavy atom. The summed E-state index contributed by atoms with van der Waals surface area (Å²) in [6.07, 6.45) is -7.02. The number of nitrogens with one attached hydrogen (secondary N) is 1. The number of primary amides is 1. The molecule has 0 bridgehead atoms. The average Bonchev–Trinajstić information content (AvgIpc) is 2.80. The highest BCUT2D eigenvalue weighted by Crippen LogP contribution is 2.30. The van der Waals surface area contributed by atoms with Crippen LogP contribution in [-0.4, -0.2) is 40.5 Å². The van der Waals surface area contributed by atoms with Gasteiger partial charge in [0.05, 0.1) is 23.5 Å². The van der Waals surface area contributed by atoms with E-state index in [0.717, 1.165) is 24.3 Å². The van der Waals surface area contributed by atoms with Crippen molar-refractivity contribution < 1.29 is 42.3 Å².